The predicted molar refractivity (Wildman–Crippen MR) is 160 cm³/mol. The third-order valence-electron chi connectivity index (χ3n) is 6.84. The van der Waals surface area contributed by atoms with Gasteiger partial charge in [-0.05, 0) is 80.5 Å². The van der Waals surface area contributed by atoms with Crippen LogP contribution in [0.2, 0.25) is 0 Å². The summed E-state index contributed by atoms with van der Waals surface area (Å²) in [5.41, 5.74) is 8.28. The number of ether oxygens (including phenoxy) is 1. The van der Waals surface area contributed by atoms with E-state index in [0.717, 1.165) is 31.6 Å². The van der Waals surface area contributed by atoms with Crippen LogP contribution < -0.4 is 15.4 Å². The van der Waals surface area contributed by atoms with Crippen molar-refractivity contribution in [1.82, 2.24) is 4.90 Å². The second-order valence-corrected chi connectivity index (χ2v) is 9.78. The van der Waals surface area contributed by atoms with Crippen LogP contribution in [0.25, 0.3) is 0 Å². The van der Waals surface area contributed by atoms with Gasteiger partial charge in [0.15, 0.2) is 5.78 Å². The smallest absolute Gasteiger partial charge is 0.328 e. The van der Waals surface area contributed by atoms with Gasteiger partial charge in [-0.15, -0.1) is 0 Å². The SMILES string of the molecule is COc1cccc(N(CCN2CCC(C(=O)c3ccc(F)cc3)CC2)C(=O)c2cccc(N)c2)c1.O=C(O)/C=C/C(=O)O. The number of hydrogen-bond acceptors (Lipinski definition) is 7. The summed E-state index contributed by atoms with van der Waals surface area (Å²) in [6.07, 6.45) is 2.59. The maximum Gasteiger partial charge on any atom is 0.328 e. The zero-order valence-electron chi connectivity index (χ0n) is 23.7. The Balaban J connectivity index is 0.000000557. The first-order valence-corrected chi connectivity index (χ1v) is 13.5. The van der Waals surface area contributed by atoms with Crippen LogP contribution >= 0.6 is 0 Å². The van der Waals surface area contributed by atoms with Crippen molar-refractivity contribution in [3.63, 3.8) is 0 Å². The minimum Gasteiger partial charge on any atom is -0.497 e. The summed E-state index contributed by atoms with van der Waals surface area (Å²) in [4.78, 5) is 49.3. The highest BCUT2D eigenvalue weighted by Crippen LogP contribution is 2.25. The molecule has 1 amide bonds. The molecule has 0 atom stereocenters. The Kier molecular flexibility index (Phi) is 12.0. The molecule has 1 heterocycles. The van der Waals surface area contributed by atoms with Crippen LogP contribution in [0.3, 0.4) is 0 Å². The lowest BCUT2D eigenvalue weighted by atomic mass is 9.89. The number of carbonyl (C=O) groups excluding carboxylic acids is 2. The quantitative estimate of drug-likeness (QED) is 0.177. The maximum absolute atomic E-state index is 13.4. The molecule has 10 nitrogen and oxygen atoms in total. The summed E-state index contributed by atoms with van der Waals surface area (Å²) >= 11 is 0. The number of nitrogens with zero attached hydrogens (tertiary/aromatic N) is 2. The molecule has 226 valence electrons. The molecule has 3 aromatic carbocycles. The van der Waals surface area contributed by atoms with Crippen molar-refractivity contribution in [1.29, 1.82) is 0 Å². The first-order chi connectivity index (χ1) is 20.6. The van der Waals surface area contributed by atoms with E-state index in [0.29, 0.717) is 47.8 Å². The highest BCUT2D eigenvalue weighted by Gasteiger charge is 2.27. The number of carboxylic acids is 2. The van der Waals surface area contributed by atoms with Gasteiger partial charge in [0, 0.05) is 59.7 Å². The topological polar surface area (TPSA) is 150 Å². The van der Waals surface area contributed by atoms with Gasteiger partial charge in [-0.2, -0.15) is 0 Å². The number of methoxy groups -OCH3 is 1. The van der Waals surface area contributed by atoms with Gasteiger partial charge in [0.2, 0.25) is 0 Å². The molecule has 0 unspecified atom stereocenters. The Morgan fingerprint density at radius 1 is 0.930 bits per heavy atom. The molecular formula is C32H34FN3O7. The van der Waals surface area contributed by atoms with Crippen LogP contribution in [0.15, 0.2) is 84.9 Å². The number of amides is 1. The molecule has 0 radical (unpaired) electrons. The minimum absolute atomic E-state index is 0.0690. The largest absolute Gasteiger partial charge is 0.497 e. The Morgan fingerprint density at radius 3 is 2.14 bits per heavy atom. The van der Waals surface area contributed by atoms with E-state index < -0.39 is 11.9 Å². The van der Waals surface area contributed by atoms with Crippen molar-refractivity contribution >= 4 is 35.0 Å². The fourth-order valence-corrected chi connectivity index (χ4v) is 4.61. The number of Topliss-reactive ketones (excluding diaryl/α,β-unsaturated/α-hetero) is 1. The Hall–Kier alpha value is -5.03. The summed E-state index contributed by atoms with van der Waals surface area (Å²) in [5.74, 6) is -2.32. The van der Waals surface area contributed by atoms with E-state index in [1.807, 2.05) is 24.3 Å². The van der Waals surface area contributed by atoms with Gasteiger partial charge >= 0.3 is 11.9 Å². The van der Waals surface area contributed by atoms with Gasteiger partial charge in [-0.25, -0.2) is 14.0 Å². The van der Waals surface area contributed by atoms with Gasteiger partial charge in [0.25, 0.3) is 5.91 Å². The van der Waals surface area contributed by atoms with E-state index in [1.165, 1.54) is 12.1 Å². The fourth-order valence-electron chi connectivity index (χ4n) is 4.61. The van der Waals surface area contributed by atoms with E-state index in [9.17, 15) is 23.6 Å². The maximum atomic E-state index is 13.4. The molecule has 0 aromatic heterocycles. The van der Waals surface area contributed by atoms with Crippen LogP contribution in [0, 0.1) is 11.7 Å². The molecule has 1 saturated heterocycles. The number of piperidine rings is 1. The number of rotatable bonds is 10. The van der Waals surface area contributed by atoms with Crippen molar-refractivity contribution < 1.29 is 38.5 Å². The van der Waals surface area contributed by atoms with Crippen LogP contribution in [0.1, 0.15) is 33.6 Å². The standard InChI is InChI=1S/C28H30FN3O3.C4H4O4/c1-35-26-7-3-6-25(19-26)32(28(34)22-4-2-5-24(30)18-22)17-16-31-14-12-21(13-15-31)27(33)20-8-10-23(29)11-9-20;5-3(6)1-2-4(7)8/h2-11,18-19,21H,12-17,30H2,1H3;1-2H,(H,5,6)(H,7,8)/b;2-1+. The number of hydrogen-bond donors (Lipinski definition) is 3. The highest BCUT2D eigenvalue weighted by molar-refractivity contribution is 6.06. The number of benzene rings is 3. The van der Waals surface area contributed by atoms with E-state index >= 15 is 0 Å². The lowest BCUT2D eigenvalue weighted by molar-refractivity contribution is -0.134. The molecule has 4 N–H and O–H groups in total. The molecule has 1 fully saturated rings. The first-order valence-electron chi connectivity index (χ1n) is 13.5. The summed E-state index contributed by atoms with van der Waals surface area (Å²) in [6.45, 7) is 2.67. The Bertz CT molecular complexity index is 1440. The molecular weight excluding hydrogens is 557 g/mol. The van der Waals surface area contributed by atoms with Crippen molar-refractivity contribution in [2.45, 2.75) is 12.8 Å². The monoisotopic (exact) mass is 591 g/mol. The number of halogens is 1. The highest BCUT2D eigenvalue weighted by atomic mass is 19.1. The molecule has 3 aromatic rings. The van der Waals surface area contributed by atoms with Gasteiger partial charge in [-0.3, -0.25) is 9.59 Å². The lowest BCUT2D eigenvalue weighted by Crippen LogP contribution is -2.42. The number of aliphatic carboxylic acids is 2. The molecule has 1 aliphatic heterocycles. The van der Waals surface area contributed by atoms with Crippen molar-refractivity contribution in [3.8, 4) is 5.75 Å². The molecule has 11 heteroatoms. The third kappa shape index (κ3) is 10.1. The molecule has 0 bridgehead atoms. The summed E-state index contributed by atoms with van der Waals surface area (Å²) < 4.78 is 18.5. The van der Waals surface area contributed by atoms with Crippen LogP contribution in [-0.2, 0) is 9.59 Å². The molecule has 4 rings (SSSR count). The summed E-state index contributed by atoms with van der Waals surface area (Å²) in [5, 5.41) is 15.6. The van der Waals surface area contributed by atoms with Crippen LogP contribution in [0.5, 0.6) is 5.75 Å². The number of nitrogens with two attached hydrogens (primary N) is 1. The molecule has 1 aliphatic rings. The van der Waals surface area contributed by atoms with E-state index in [-0.39, 0.29) is 23.4 Å². The van der Waals surface area contributed by atoms with Crippen molar-refractivity contribution in [3.05, 3.63) is 102 Å². The fraction of sp³-hybridized carbons (Fsp3) is 0.250. The average Bonchev–Trinajstić information content (AvgIpc) is 3.01. The minimum atomic E-state index is -1.26. The van der Waals surface area contributed by atoms with Gasteiger partial charge in [-0.1, -0.05) is 12.1 Å². The Morgan fingerprint density at radius 2 is 1.56 bits per heavy atom. The number of anilines is 2. The molecule has 43 heavy (non-hydrogen) atoms. The molecule has 0 aliphatic carbocycles. The van der Waals surface area contributed by atoms with E-state index in [1.54, 1.807) is 48.4 Å². The number of carbonyl (C=O) groups is 4. The predicted octanol–water partition coefficient (Wildman–Crippen LogP) is 4.37. The van der Waals surface area contributed by atoms with Crippen molar-refractivity contribution in [2.24, 2.45) is 5.92 Å². The zero-order valence-corrected chi connectivity index (χ0v) is 23.7. The average molecular weight is 592 g/mol. The van der Waals surface area contributed by atoms with E-state index in [2.05, 4.69) is 4.90 Å². The molecule has 0 saturated carbocycles. The third-order valence-corrected chi connectivity index (χ3v) is 6.84. The lowest BCUT2D eigenvalue weighted by Gasteiger charge is -2.33. The number of likely N-dealkylation sites (tertiary alicyclic amines) is 1. The first kappa shape index (κ1) is 32.5. The number of ketones is 1. The number of nitrogen functional groups attached to an aromatic ring is 1. The summed E-state index contributed by atoms with van der Waals surface area (Å²) in [6, 6.07) is 20.2. The van der Waals surface area contributed by atoms with E-state index in [4.69, 9.17) is 20.7 Å². The number of carboxylic acid groups (broad SMARTS) is 2. The molecule has 0 spiro atoms. The Labute approximate surface area is 248 Å². The van der Waals surface area contributed by atoms with Crippen molar-refractivity contribution in [2.75, 3.05) is 43.9 Å². The summed E-state index contributed by atoms with van der Waals surface area (Å²) in [7, 11) is 1.60. The normalized spacial score (nSPS) is 13.5. The van der Waals surface area contributed by atoms with Gasteiger partial charge < -0.3 is 30.5 Å². The van der Waals surface area contributed by atoms with Gasteiger partial charge in [0.05, 0.1) is 7.11 Å². The van der Waals surface area contributed by atoms with Crippen LogP contribution in [0.4, 0.5) is 15.8 Å². The zero-order chi connectivity index (χ0) is 31.4. The van der Waals surface area contributed by atoms with Gasteiger partial charge in [0.1, 0.15) is 11.6 Å². The second kappa shape index (κ2) is 15.8. The van der Waals surface area contributed by atoms with Crippen LogP contribution in [-0.4, -0.2) is 72.0 Å². The second-order valence-electron chi connectivity index (χ2n) is 9.78.